The maximum Gasteiger partial charge on any atom is 0.348 e. The highest BCUT2D eigenvalue weighted by molar-refractivity contribution is 7.20. The Labute approximate surface area is 148 Å². The van der Waals surface area contributed by atoms with Crippen molar-refractivity contribution in [2.24, 2.45) is 11.8 Å². The van der Waals surface area contributed by atoms with Gasteiger partial charge in [-0.1, -0.05) is 6.92 Å². The smallest absolute Gasteiger partial charge is 0.348 e. The Morgan fingerprint density at radius 2 is 2.12 bits per heavy atom. The minimum Gasteiger partial charge on any atom is -0.462 e. The van der Waals surface area contributed by atoms with Crippen LogP contribution in [0, 0.1) is 18.8 Å². The highest BCUT2D eigenvalue weighted by Crippen LogP contribution is 2.39. The second-order valence-corrected chi connectivity index (χ2v) is 7.31. The van der Waals surface area contributed by atoms with E-state index < -0.39 is 12.1 Å². The van der Waals surface area contributed by atoms with Crippen LogP contribution in [0.1, 0.15) is 54.4 Å². The summed E-state index contributed by atoms with van der Waals surface area (Å²) >= 11 is 1.11. The van der Waals surface area contributed by atoms with Crippen LogP contribution in [0.15, 0.2) is 4.79 Å². The van der Waals surface area contributed by atoms with E-state index in [2.05, 4.69) is 9.97 Å². The number of carbonyl (C=O) groups is 2. The normalized spacial score (nSPS) is 20.3. The number of nitrogens with one attached hydrogen (secondary N) is 1. The van der Waals surface area contributed by atoms with Gasteiger partial charge in [-0.15, -0.1) is 11.3 Å². The summed E-state index contributed by atoms with van der Waals surface area (Å²) in [5.41, 5.74) is 0.196. The first-order valence-corrected chi connectivity index (χ1v) is 9.06. The van der Waals surface area contributed by atoms with Crippen molar-refractivity contribution in [2.75, 3.05) is 6.61 Å². The first kappa shape index (κ1) is 17.6. The van der Waals surface area contributed by atoms with E-state index in [1.807, 2.05) is 6.92 Å². The minimum atomic E-state index is -0.661. The van der Waals surface area contributed by atoms with Crippen molar-refractivity contribution in [3.05, 3.63) is 26.6 Å². The van der Waals surface area contributed by atoms with Gasteiger partial charge in [0.1, 0.15) is 9.71 Å². The summed E-state index contributed by atoms with van der Waals surface area (Å²) in [7, 11) is 0. The van der Waals surface area contributed by atoms with Crippen molar-refractivity contribution in [1.29, 1.82) is 0 Å². The van der Waals surface area contributed by atoms with E-state index in [1.165, 1.54) is 0 Å². The third kappa shape index (κ3) is 3.30. The van der Waals surface area contributed by atoms with Crippen molar-refractivity contribution >= 4 is 33.5 Å². The second kappa shape index (κ2) is 6.59. The molecule has 7 nitrogen and oxygen atoms in total. The predicted octanol–water partition coefficient (Wildman–Crippen LogP) is 2.73. The molecule has 2 aromatic rings. The lowest BCUT2D eigenvalue weighted by molar-refractivity contribution is -0.150. The standard InChI is InChI=1S/C17H20N2O5S/c1-5-23-17(22)12-8(3)11-14(20)18-13(19-15(11)25-12)9(4)24-16(21)10-6-7(10)2/h7,9-10H,5-6H2,1-4H3,(H,18,19,20)/t7-,9+,10+/m0/s1. The molecule has 0 spiro atoms. The number of carbonyl (C=O) groups excluding carboxylic acids is 2. The lowest BCUT2D eigenvalue weighted by Gasteiger charge is -2.12. The topological polar surface area (TPSA) is 98.3 Å². The third-order valence-electron chi connectivity index (χ3n) is 4.37. The maximum atomic E-state index is 12.4. The van der Waals surface area contributed by atoms with E-state index >= 15 is 0 Å². The van der Waals surface area contributed by atoms with Gasteiger partial charge >= 0.3 is 11.9 Å². The molecular formula is C17H20N2O5S. The largest absolute Gasteiger partial charge is 0.462 e. The fourth-order valence-electron chi connectivity index (χ4n) is 2.71. The predicted molar refractivity (Wildman–Crippen MR) is 92.7 cm³/mol. The molecule has 25 heavy (non-hydrogen) atoms. The van der Waals surface area contributed by atoms with Gasteiger partial charge in [0, 0.05) is 0 Å². The van der Waals surface area contributed by atoms with Gasteiger partial charge in [-0.2, -0.15) is 0 Å². The molecule has 0 unspecified atom stereocenters. The average Bonchev–Trinajstić information content (AvgIpc) is 3.18. The number of ether oxygens (including phenoxy) is 2. The zero-order valence-electron chi connectivity index (χ0n) is 14.5. The molecule has 2 aromatic heterocycles. The van der Waals surface area contributed by atoms with Crippen LogP contribution in [-0.4, -0.2) is 28.5 Å². The van der Waals surface area contributed by atoms with Gasteiger partial charge in [0.2, 0.25) is 0 Å². The number of aromatic amines is 1. The molecule has 1 aliphatic carbocycles. The van der Waals surface area contributed by atoms with Crippen LogP contribution in [-0.2, 0) is 14.3 Å². The number of nitrogens with zero attached hydrogens (tertiary/aromatic N) is 1. The minimum absolute atomic E-state index is 0.0581. The number of aryl methyl sites for hydroxylation is 1. The first-order chi connectivity index (χ1) is 11.8. The van der Waals surface area contributed by atoms with E-state index in [1.54, 1.807) is 20.8 Å². The van der Waals surface area contributed by atoms with Gasteiger partial charge in [-0.25, -0.2) is 9.78 Å². The van der Waals surface area contributed by atoms with Crippen LogP contribution in [0.5, 0.6) is 0 Å². The lowest BCUT2D eigenvalue weighted by Crippen LogP contribution is -2.18. The van der Waals surface area contributed by atoms with Crippen LogP contribution < -0.4 is 5.56 Å². The van der Waals surface area contributed by atoms with E-state index in [4.69, 9.17) is 9.47 Å². The van der Waals surface area contributed by atoms with E-state index in [0.717, 1.165) is 17.8 Å². The monoisotopic (exact) mass is 364 g/mol. The fourth-order valence-corrected chi connectivity index (χ4v) is 3.79. The molecule has 0 amide bonds. The highest BCUT2D eigenvalue weighted by Gasteiger charge is 2.41. The van der Waals surface area contributed by atoms with Crippen LogP contribution in [0.2, 0.25) is 0 Å². The molecule has 8 heteroatoms. The number of esters is 2. The molecule has 0 bridgehead atoms. The second-order valence-electron chi connectivity index (χ2n) is 6.31. The summed E-state index contributed by atoms with van der Waals surface area (Å²) in [5.74, 6) is -0.169. The Kier molecular flexibility index (Phi) is 4.64. The molecule has 1 fully saturated rings. The van der Waals surface area contributed by atoms with Crippen molar-refractivity contribution in [3.63, 3.8) is 0 Å². The molecule has 1 N–H and O–H groups in total. The molecule has 0 aliphatic heterocycles. The summed E-state index contributed by atoms with van der Waals surface area (Å²) in [6, 6.07) is 0. The summed E-state index contributed by atoms with van der Waals surface area (Å²) in [4.78, 5) is 44.2. The number of rotatable bonds is 5. The molecule has 1 saturated carbocycles. The Morgan fingerprint density at radius 1 is 1.44 bits per heavy atom. The van der Waals surface area contributed by atoms with Crippen LogP contribution >= 0.6 is 11.3 Å². The lowest BCUT2D eigenvalue weighted by atomic mass is 10.2. The van der Waals surface area contributed by atoms with E-state index in [9.17, 15) is 14.4 Å². The van der Waals surface area contributed by atoms with Gasteiger partial charge in [0.25, 0.3) is 5.56 Å². The molecule has 3 atom stereocenters. The SMILES string of the molecule is CCOC(=O)c1sc2nc([C@@H](C)OC(=O)[C@@H]3C[C@@H]3C)[nH]c(=O)c2c1C. The Bertz CT molecular complexity index is 900. The number of H-pyrrole nitrogens is 1. The quantitative estimate of drug-likeness (QED) is 0.819. The molecule has 134 valence electrons. The molecule has 0 aromatic carbocycles. The number of thiophene rings is 1. The zero-order valence-corrected chi connectivity index (χ0v) is 15.4. The molecule has 0 saturated heterocycles. The molecular weight excluding hydrogens is 344 g/mol. The van der Waals surface area contributed by atoms with Crippen molar-refractivity contribution in [1.82, 2.24) is 9.97 Å². The maximum absolute atomic E-state index is 12.4. The van der Waals surface area contributed by atoms with Crippen molar-refractivity contribution in [2.45, 2.75) is 40.2 Å². The average molecular weight is 364 g/mol. The molecule has 1 aliphatic rings. The van der Waals surface area contributed by atoms with E-state index in [-0.39, 0.29) is 29.9 Å². The van der Waals surface area contributed by atoms with Gasteiger partial charge in [-0.05, 0) is 38.7 Å². The van der Waals surface area contributed by atoms with Crippen LogP contribution in [0.4, 0.5) is 0 Å². The Hall–Kier alpha value is -2.22. The number of hydrogen-bond donors (Lipinski definition) is 1. The molecule has 0 radical (unpaired) electrons. The molecule has 2 heterocycles. The van der Waals surface area contributed by atoms with Crippen molar-refractivity contribution in [3.8, 4) is 0 Å². The summed E-state index contributed by atoms with van der Waals surface area (Å²) in [6.07, 6.45) is 0.174. The van der Waals surface area contributed by atoms with Gasteiger partial charge < -0.3 is 14.5 Å². The fraction of sp³-hybridized carbons (Fsp3) is 0.529. The number of hydrogen-bond acceptors (Lipinski definition) is 7. The van der Waals surface area contributed by atoms with Crippen LogP contribution in [0.3, 0.4) is 0 Å². The third-order valence-corrected chi connectivity index (χ3v) is 5.54. The van der Waals surface area contributed by atoms with Gasteiger partial charge in [0.05, 0.1) is 17.9 Å². The number of fused-ring (bicyclic) bond motifs is 1. The summed E-state index contributed by atoms with van der Waals surface area (Å²) in [6.45, 7) is 7.34. The summed E-state index contributed by atoms with van der Waals surface area (Å²) < 4.78 is 10.4. The van der Waals surface area contributed by atoms with Gasteiger partial charge in [-0.3, -0.25) is 9.59 Å². The zero-order chi connectivity index (χ0) is 18.3. The Morgan fingerprint density at radius 3 is 2.72 bits per heavy atom. The van der Waals surface area contributed by atoms with Crippen LogP contribution in [0.25, 0.3) is 10.2 Å². The first-order valence-electron chi connectivity index (χ1n) is 8.24. The van der Waals surface area contributed by atoms with Crippen molar-refractivity contribution < 1.29 is 19.1 Å². The van der Waals surface area contributed by atoms with Gasteiger partial charge in [0.15, 0.2) is 11.9 Å². The highest BCUT2D eigenvalue weighted by atomic mass is 32.1. The molecule has 3 rings (SSSR count). The summed E-state index contributed by atoms with van der Waals surface area (Å²) in [5, 5.41) is 0.367. The number of aromatic nitrogens is 2. The van der Waals surface area contributed by atoms with E-state index in [0.29, 0.717) is 26.6 Å². The Balaban J connectivity index is 1.91.